The third-order valence-corrected chi connectivity index (χ3v) is 6.11. The Labute approximate surface area is 202 Å². The molecule has 1 fully saturated rings. The Bertz CT molecular complexity index is 1010. The second-order valence-corrected chi connectivity index (χ2v) is 8.68. The number of aromatic nitrogens is 2. The van der Waals surface area contributed by atoms with Gasteiger partial charge in [-0.3, -0.25) is 0 Å². The van der Waals surface area contributed by atoms with Crippen LogP contribution in [0.2, 0.25) is 0 Å². The molecule has 0 unspecified atom stereocenters. The molecule has 34 heavy (non-hydrogen) atoms. The molecule has 4 rings (SSSR count). The number of methoxy groups -OCH3 is 1. The Morgan fingerprint density at radius 1 is 0.971 bits per heavy atom. The van der Waals surface area contributed by atoms with Crippen LogP contribution < -0.4 is 14.8 Å². The molecule has 1 aliphatic rings. The van der Waals surface area contributed by atoms with Gasteiger partial charge >= 0.3 is 0 Å². The lowest BCUT2D eigenvalue weighted by Crippen LogP contribution is -2.34. The van der Waals surface area contributed by atoms with Crippen molar-refractivity contribution in [1.82, 2.24) is 15.3 Å². The van der Waals surface area contributed by atoms with Crippen molar-refractivity contribution in [3.63, 3.8) is 0 Å². The number of rotatable bonds is 12. The van der Waals surface area contributed by atoms with Crippen molar-refractivity contribution in [3.05, 3.63) is 83.4 Å². The molecule has 1 saturated heterocycles. The van der Waals surface area contributed by atoms with Crippen molar-refractivity contribution in [3.8, 4) is 11.5 Å². The summed E-state index contributed by atoms with van der Waals surface area (Å²) in [4.78, 5) is 9.25. The fraction of sp³-hybridized carbons (Fsp3) is 0.429. The maximum atomic E-state index is 6.09. The van der Waals surface area contributed by atoms with E-state index in [1.807, 2.05) is 24.4 Å². The molecule has 0 amide bonds. The fourth-order valence-corrected chi connectivity index (χ4v) is 4.16. The lowest BCUT2D eigenvalue weighted by atomic mass is 10.1. The van der Waals surface area contributed by atoms with Crippen molar-refractivity contribution >= 4 is 0 Å². The molecule has 0 spiro atoms. The van der Waals surface area contributed by atoms with E-state index in [9.17, 15) is 0 Å². The summed E-state index contributed by atoms with van der Waals surface area (Å²) in [6.07, 6.45) is 7.76. The zero-order valence-corrected chi connectivity index (χ0v) is 20.0. The Balaban J connectivity index is 1.29. The predicted octanol–water partition coefficient (Wildman–Crippen LogP) is 4.75. The zero-order valence-electron chi connectivity index (χ0n) is 20.0. The van der Waals surface area contributed by atoms with Crippen molar-refractivity contribution < 1.29 is 14.2 Å². The van der Waals surface area contributed by atoms with Crippen LogP contribution in [-0.4, -0.2) is 42.9 Å². The van der Waals surface area contributed by atoms with Gasteiger partial charge in [-0.15, -0.1) is 0 Å². The highest BCUT2D eigenvalue weighted by atomic mass is 16.5. The van der Waals surface area contributed by atoms with Gasteiger partial charge in [-0.1, -0.05) is 36.4 Å². The third-order valence-electron chi connectivity index (χ3n) is 6.11. The summed E-state index contributed by atoms with van der Waals surface area (Å²) in [6, 6.07) is 19.1. The molecule has 6 nitrogen and oxygen atoms in total. The van der Waals surface area contributed by atoms with Gasteiger partial charge in [-0.2, -0.15) is 0 Å². The molecule has 0 radical (unpaired) electrons. The first-order valence-corrected chi connectivity index (χ1v) is 12.3. The lowest BCUT2D eigenvalue weighted by Gasteiger charge is -2.23. The molecule has 1 N–H and O–H groups in total. The summed E-state index contributed by atoms with van der Waals surface area (Å²) >= 11 is 0. The molecule has 1 aromatic heterocycles. The standard InChI is InChI=1S/C28H35N3O3/c1-32-26-11-10-23(19-27(26)34-16-6-5-9-22-7-3-2-4-8-22)20-28-29-15-12-25(31-28)21-30-24-13-17-33-18-14-24/h2-4,7-8,10-12,15,19,24,30H,5-6,9,13-14,16-18,20-21H2,1H3. The van der Waals surface area contributed by atoms with Gasteiger partial charge in [0.1, 0.15) is 5.82 Å². The monoisotopic (exact) mass is 461 g/mol. The van der Waals surface area contributed by atoms with Gasteiger partial charge in [0.25, 0.3) is 0 Å². The molecule has 2 aromatic carbocycles. The average molecular weight is 462 g/mol. The first kappa shape index (κ1) is 24.2. The number of hydrogen-bond acceptors (Lipinski definition) is 6. The van der Waals surface area contributed by atoms with Crippen molar-refractivity contribution in [2.45, 2.75) is 51.1 Å². The van der Waals surface area contributed by atoms with E-state index in [1.165, 1.54) is 5.56 Å². The first-order valence-electron chi connectivity index (χ1n) is 12.3. The smallest absolute Gasteiger partial charge is 0.161 e. The molecule has 0 bridgehead atoms. The minimum absolute atomic E-state index is 0.501. The van der Waals surface area contributed by atoms with E-state index >= 15 is 0 Å². The molecule has 180 valence electrons. The molecular formula is C28H35N3O3. The number of aryl methyl sites for hydroxylation is 1. The normalized spacial score (nSPS) is 14.1. The van der Waals surface area contributed by atoms with E-state index in [-0.39, 0.29) is 0 Å². The number of hydrogen-bond donors (Lipinski definition) is 1. The van der Waals surface area contributed by atoms with Crippen LogP contribution in [-0.2, 0) is 24.1 Å². The van der Waals surface area contributed by atoms with Crippen LogP contribution in [0.3, 0.4) is 0 Å². The summed E-state index contributed by atoms with van der Waals surface area (Å²) in [5.74, 6) is 2.34. The van der Waals surface area contributed by atoms with Gasteiger partial charge < -0.3 is 19.5 Å². The summed E-state index contributed by atoms with van der Waals surface area (Å²) in [5.41, 5.74) is 3.49. The molecule has 3 aromatic rings. The fourth-order valence-electron chi connectivity index (χ4n) is 4.16. The zero-order chi connectivity index (χ0) is 23.4. The first-order chi connectivity index (χ1) is 16.8. The Morgan fingerprint density at radius 2 is 1.82 bits per heavy atom. The van der Waals surface area contributed by atoms with E-state index in [1.54, 1.807) is 7.11 Å². The summed E-state index contributed by atoms with van der Waals surface area (Å²) in [6.45, 7) is 3.08. The number of unbranched alkanes of at least 4 members (excludes halogenated alkanes) is 1. The highest BCUT2D eigenvalue weighted by molar-refractivity contribution is 5.43. The topological polar surface area (TPSA) is 65.5 Å². The quantitative estimate of drug-likeness (QED) is 0.393. The average Bonchev–Trinajstić information content (AvgIpc) is 2.89. The van der Waals surface area contributed by atoms with Crippen LogP contribution in [0.4, 0.5) is 0 Å². The summed E-state index contributed by atoms with van der Waals surface area (Å²) in [5, 5.41) is 3.59. The van der Waals surface area contributed by atoms with E-state index < -0.39 is 0 Å². The SMILES string of the molecule is COc1ccc(Cc2nccc(CNC3CCOCC3)n2)cc1OCCCCc1ccccc1. The minimum Gasteiger partial charge on any atom is -0.493 e. The highest BCUT2D eigenvalue weighted by Gasteiger charge is 2.13. The van der Waals surface area contributed by atoms with Crippen LogP contribution in [0.5, 0.6) is 11.5 Å². The van der Waals surface area contributed by atoms with Gasteiger partial charge in [0.05, 0.1) is 19.4 Å². The molecule has 0 atom stereocenters. The molecule has 0 aliphatic carbocycles. The van der Waals surface area contributed by atoms with Gasteiger partial charge in [0, 0.05) is 38.4 Å². The predicted molar refractivity (Wildman–Crippen MR) is 133 cm³/mol. The second-order valence-electron chi connectivity index (χ2n) is 8.68. The maximum Gasteiger partial charge on any atom is 0.161 e. The summed E-state index contributed by atoms with van der Waals surface area (Å²) in [7, 11) is 1.68. The van der Waals surface area contributed by atoms with Gasteiger partial charge in [0.2, 0.25) is 0 Å². The highest BCUT2D eigenvalue weighted by Crippen LogP contribution is 2.29. The van der Waals surface area contributed by atoms with Gasteiger partial charge in [-0.25, -0.2) is 9.97 Å². The molecule has 0 saturated carbocycles. The lowest BCUT2D eigenvalue weighted by molar-refractivity contribution is 0.0775. The third kappa shape index (κ3) is 7.54. The molecular weight excluding hydrogens is 426 g/mol. The molecule has 2 heterocycles. The van der Waals surface area contributed by atoms with E-state index in [0.29, 0.717) is 19.1 Å². The Morgan fingerprint density at radius 3 is 2.65 bits per heavy atom. The number of benzene rings is 2. The van der Waals surface area contributed by atoms with Crippen molar-refractivity contribution in [2.24, 2.45) is 0 Å². The van der Waals surface area contributed by atoms with Gasteiger partial charge in [-0.05, 0) is 61.4 Å². The van der Waals surface area contributed by atoms with Crippen molar-refractivity contribution in [2.75, 3.05) is 26.9 Å². The Kier molecular flexibility index (Phi) is 9.29. The second kappa shape index (κ2) is 13.1. The number of nitrogens with one attached hydrogen (secondary N) is 1. The van der Waals surface area contributed by atoms with Crippen LogP contribution in [0.25, 0.3) is 0 Å². The maximum absolute atomic E-state index is 6.09. The van der Waals surface area contributed by atoms with Gasteiger partial charge in [0.15, 0.2) is 11.5 Å². The largest absolute Gasteiger partial charge is 0.493 e. The number of nitrogens with zero attached hydrogens (tertiary/aromatic N) is 2. The molecule has 6 heteroatoms. The minimum atomic E-state index is 0.501. The van der Waals surface area contributed by atoms with E-state index in [2.05, 4.69) is 46.7 Å². The number of ether oxygens (including phenoxy) is 3. The Hall–Kier alpha value is -2.96. The van der Waals surface area contributed by atoms with E-state index in [4.69, 9.17) is 19.2 Å². The molecule has 1 aliphatic heterocycles. The van der Waals surface area contributed by atoms with Crippen molar-refractivity contribution in [1.29, 1.82) is 0 Å². The van der Waals surface area contributed by atoms with Crippen LogP contribution in [0.1, 0.15) is 48.3 Å². The van der Waals surface area contributed by atoms with Crippen LogP contribution in [0, 0.1) is 0 Å². The van der Waals surface area contributed by atoms with E-state index in [0.717, 1.165) is 80.4 Å². The van der Waals surface area contributed by atoms with Crippen LogP contribution in [0.15, 0.2) is 60.8 Å². The van der Waals surface area contributed by atoms with Crippen LogP contribution >= 0.6 is 0 Å². The summed E-state index contributed by atoms with van der Waals surface area (Å²) < 4.78 is 17.0.